The van der Waals surface area contributed by atoms with Crippen LogP contribution in [0.5, 0.6) is 5.75 Å². The van der Waals surface area contributed by atoms with Gasteiger partial charge in [0.25, 0.3) is 0 Å². The third-order valence-corrected chi connectivity index (χ3v) is 5.30. The lowest BCUT2D eigenvalue weighted by molar-refractivity contribution is -0.137. The molecule has 1 N–H and O–H groups in total. The number of thioether (sulfide) groups is 1. The Labute approximate surface area is 121 Å². The largest absolute Gasteiger partial charge is 0.487 e. The zero-order valence-corrected chi connectivity index (χ0v) is 12.0. The summed E-state index contributed by atoms with van der Waals surface area (Å²) in [6, 6.07) is 5.71. The fraction of sp³-hybridized carbons (Fsp3) is 0.500. The molecule has 0 aromatic heterocycles. The molecule has 1 aromatic rings. The van der Waals surface area contributed by atoms with Gasteiger partial charge in [-0.1, -0.05) is 17.7 Å². The summed E-state index contributed by atoms with van der Waals surface area (Å²) in [7, 11) is 0. The molecule has 102 valence electrons. The van der Waals surface area contributed by atoms with Crippen molar-refractivity contribution in [3.8, 4) is 5.75 Å². The van der Waals surface area contributed by atoms with Crippen molar-refractivity contribution in [3.63, 3.8) is 0 Å². The Kier molecular flexibility index (Phi) is 3.39. The van der Waals surface area contributed by atoms with E-state index in [1.54, 1.807) is 0 Å². The lowest BCUT2D eigenvalue weighted by Crippen LogP contribution is -2.31. The second-order valence-electron chi connectivity index (χ2n) is 5.27. The van der Waals surface area contributed by atoms with Crippen LogP contribution in [0.25, 0.3) is 0 Å². The summed E-state index contributed by atoms with van der Waals surface area (Å²) < 4.78 is 5.78. The van der Waals surface area contributed by atoms with Crippen LogP contribution in [0, 0.1) is 0 Å². The van der Waals surface area contributed by atoms with Crippen LogP contribution in [0.3, 0.4) is 0 Å². The molecule has 1 aliphatic heterocycles. The van der Waals surface area contributed by atoms with Crippen molar-refractivity contribution in [2.75, 3.05) is 11.5 Å². The molecular formula is C14H15ClO3S. The minimum Gasteiger partial charge on any atom is -0.487 e. The smallest absolute Gasteiger partial charge is 0.304 e. The van der Waals surface area contributed by atoms with Gasteiger partial charge in [0.1, 0.15) is 11.9 Å². The third-order valence-electron chi connectivity index (χ3n) is 3.79. The Bertz CT molecular complexity index is 509. The highest BCUT2D eigenvalue weighted by Gasteiger charge is 2.46. The van der Waals surface area contributed by atoms with Crippen molar-refractivity contribution in [3.05, 3.63) is 28.8 Å². The summed E-state index contributed by atoms with van der Waals surface area (Å²) in [5.41, 5.74) is 0.829. The summed E-state index contributed by atoms with van der Waals surface area (Å²) in [5.74, 6) is 1.99. The van der Waals surface area contributed by atoms with Gasteiger partial charge in [-0.3, -0.25) is 4.79 Å². The maximum Gasteiger partial charge on any atom is 0.304 e. The van der Waals surface area contributed by atoms with Crippen LogP contribution in [0.15, 0.2) is 18.2 Å². The number of carboxylic acids is 1. The molecule has 0 amide bonds. The maximum absolute atomic E-state index is 10.9. The van der Waals surface area contributed by atoms with Crippen LogP contribution in [-0.2, 0) is 10.2 Å². The second-order valence-corrected chi connectivity index (χ2v) is 6.76. The van der Waals surface area contributed by atoms with E-state index >= 15 is 0 Å². The minimum absolute atomic E-state index is 0.183. The average molecular weight is 299 g/mol. The maximum atomic E-state index is 10.9. The van der Waals surface area contributed by atoms with E-state index < -0.39 is 5.97 Å². The quantitative estimate of drug-likeness (QED) is 0.905. The molecule has 2 aliphatic rings. The number of halogens is 1. The zero-order chi connectivity index (χ0) is 13.5. The second kappa shape index (κ2) is 4.91. The Morgan fingerprint density at radius 2 is 2.21 bits per heavy atom. The molecule has 3 nitrogen and oxygen atoms in total. The molecule has 1 aromatic carbocycles. The first-order chi connectivity index (χ1) is 9.09. The summed E-state index contributed by atoms with van der Waals surface area (Å²) >= 11 is 8.11. The number of benzene rings is 1. The van der Waals surface area contributed by atoms with E-state index in [2.05, 4.69) is 0 Å². The Morgan fingerprint density at radius 3 is 2.68 bits per heavy atom. The van der Waals surface area contributed by atoms with Gasteiger partial charge in [-0.05, 0) is 30.5 Å². The number of ether oxygens (including phenoxy) is 1. The van der Waals surface area contributed by atoms with E-state index in [0.29, 0.717) is 10.8 Å². The van der Waals surface area contributed by atoms with Crippen LogP contribution in [0.4, 0.5) is 0 Å². The highest BCUT2D eigenvalue weighted by atomic mass is 35.5. The SMILES string of the molecule is O=C(O)CC1(c2ccc(OC3CSC3)c(Cl)c2)CC1. The van der Waals surface area contributed by atoms with Crippen molar-refractivity contribution in [1.29, 1.82) is 0 Å². The number of aliphatic carboxylic acids is 1. The molecule has 0 atom stereocenters. The van der Waals surface area contributed by atoms with Gasteiger partial charge >= 0.3 is 5.97 Å². The minimum atomic E-state index is -0.750. The molecule has 1 heterocycles. The fourth-order valence-corrected chi connectivity index (χ4v) is 3.19. The van der Waals surface area contributed by atoms with Crippen molar-refractivity contribution < 1.29 is 14.6 Å². The molecule has 0 spiro atoms. The highest BCUT2D eigenvalue weighted by molar-refractivity contribution is 8.00. The van der Waals surface area contributed by atoms with Crippen LogP contribution < -0.4 is 4.74 Å². The van der Waals surface area contributed by atoms with E-state index in [1.807, 2.05) is 30.0 Å². The first-order valence-electron chi connectivity index (χ1n) is 6.35. The highest BCUT2D eigenvalue weighted by Crippen LogP contribution is 2.52. The summed E-state index contributed by atoms with van der Waals surface area (Å²) in [4.78, 5) is 10.9. The summed E-state index contributed by atoms with van der Waals surface area (Å²) in [6.45, 7) is 0. The van der Waals surface area contributed by atoms with Gasteiger partial charge in [0.2, 0.25) is 0 Å². The van der Waals surface area contributed by atoms with E-state index in [4.69, 9.17) is 21.4 Å². The van der Waals surface area contributed by atoms with Gasteiger partial charge in [0, 0.05) is 16.9 Å². The molecule has 5 heteroatoms. The van der Waals surface area contributed by atoms with Crippen molar-refractivity contribution in [2.45, 2.75) is 30.8 Å². The number of rotatable bonds is 5. The standard InChI is InChI=1S/C14H15ClO3S/c15-11-5-9(14(3-4-14)6-13(16)17)1-2-12(11)18-10-7-19-8-10/h1-2,5,10H,3-4,6-8H2,(H,16,17). The van der Waals surface area contributed by atoms with Gasteiger partial charge in [-0.2, -0.15) is 11.8 Å². The zero-order valence-electron chi connectivity index (χ0n) is 10.4. The van der Waals surface area contributed by atoms with Gasteiger partial charge in [-0.25, -0.2) is 0 Å². The molecule has 1 saturated carbocycles. The molecule has 2 fully saturated rings. The molecule has 19 heavy (non-hydrogen) atoms. The van der Waals surface area contributed by atoms with Crippen molar-refractivity contribution in [2.24, 2.45) is 0 Å². The molecule has 3 rings (SSSR count). The molecule has 1 saturated heterocycles. The fourth-order valence-electron chi connectivity index (χ4n) is 2.40. The average Bonchev–Trinajstić information content (AvgIpc) is 3.05. The van der Waals surface area contributed by atoms with E-state index in [0.717, 1.165) is 29.9 Å². The van der Waals surface area contributed by atoms with Gasteiger partial charge in [-0.15, -0.1) is 0 Å². The Morgan fingerprint density at radius 1 is 1.47 bits per heavy atom. The predicted molar refractivity (Wildman–Crippen MR) is 76.4 cm³/mol. The van der Waals surface area contributed by atoms with Crippen molar-refractivity contribution >= 4 is 29.3 Å². The van der Waals surface area contributed by atoms with Gasteiger partial charge in [0.05, 0.1) is 11.4 Å². The summed E-state index contributed by atoms with van der Waals surface area (Å²) in [6.07, 6.45) is 2.30. The van der Waals surface area contributed by atoms with Crippen LogP contribution in [0.1, 0.15) is 24.8 Å². The first kappa shape index (κ1) is 13.1. The van der Waals surface area contributed by atoms with Crippen LogP contribution in [-0.4, -0.2) is 28.7 Å². The number of carboxylic acid groups (broad SMARTS) is 1. The Hall–Kier alpha value is -0.870. The van der Waals surface area contributed by atoms with Crippen LogP contribution >= 0.6 is 23.4 Å². The summed E-state index contributed by atoms with van der Waals surface area (Å²) in [5, 5.41) is 9.56. The molecule has 0 bridgehead atoms. The predicted octanol–water partition coefficient (Wildman–Crippen LogP) is 3.34. The lowest BCUT2D eigenvalue weighted by Gasteiger charge is -2.26. The molecule has 1 aliphatic carbocycles. The van der Waals surface area contributed by atoms with E-state index in [1.165, 1.54) is 0 Å². The molecule has 0 radical (unpaired) electrons. The molecule has 0 unspecified atom stereocenters. The lowest BCUT2D eigenvalue weighted by atomic mass is 9.92. The monoisotopic (exact) mass is 298 g/mol. The van der Waals surface area contributed by atoms with Gasteiger partial charge < -0.3 is 9.84 Å². The van der Waals surface area contributed by atoms with E-state index in [9.17, 15) is 4.79 Å². The normalized spacial score (nSPS) is 20.7. The Balaban J connectivity index is 1.77. The third kappa shape index (κ3) is 2.70. The number of carbonyl (C=O) groups is 1. The van der Waals surface area contributed by atoms with Crippen molar-refractivity contribution in [1.82, 2.24) is 0 Å². The first-order valence-corrected chi connectivity index (χ1v) is 7.89. The topological polar surface area (TPSA) is 46.5 Å². The van der Waals surface area contributed by atoms with E-state index in [-0.39, 0.29) is 17.9 Å². The van der Waals surface area contributed by atoms with Crippen LogP contribution in [0.2, 0.25) is 5.02 Å². The van der Waals surface area contributed by atoms with Gasteiger partial charge in [0.15, 0.2) is 0 Å². The number of hydrogen-bond acceptors (Lipinski definition) is 3. The molecular weight excluding hydrogens is 284 g/mol. The number of hydrogen-bond donors (Lipinski definition) is 1.